The highest BCUT2D eigenvalue weighted by Crippen LogP contribution is 2.41. The Morgan fingerprint density at radius 3 is 2.86 bits per heavy atom. The maximum Gasteiger partial charge on any atom is 0.410 e. The number of hydrogen-bond acceptors (Lipinski definition) is 5. The molecule has 1 fully saturated rings. The number of ether oxygens (including phenoxy) is 3. The fourth-order valence-corrected chi connectivity index (χ4v) is 3.81. The second kappa shape index (κ2) is 9.28. The van der Waals surface area contributed by atoms with Crippen LogP contribution in [0, 0.1) is 11.8 Å². The highest BCUT2D eigenvalue weighted by atomic mass is 16.6. The predicted octanol–water partition coefficient (Wildman–Crippen LogP) is 2.71. The van der Waals surface area contributed by atoms with Crippen molar-refractivity contribution >= 4 is 12.0 Å². The lowest BCUT2D eigenvalue weighted by Crippen LogP contribution is -2.51. The largest absolute Gasteiger partial charge is 0.493 e. The SMILES string of the molecule is COCCN1C[C@H]2COc3ccccc3[C@H]2N(C(=O)OCC(C)C)CCC1=O. The molecule has 0 unspecified atom stereocenters. The molecule has 2 amide bonds. The summed E-state index contributed by atoms with van der Waals surface area (Å²) in [5.41, 5.74) is 0.973. The molecule has 0 aromatic heterocycles. The van der Waals surface area contributed by atoms with E-state index in [2.05, 4.69) is 0 Å². The van der Waals surface area contributed by atoms with Crippen LogP contribution in [0.3, 0.4) is 0 Å². The lowest BCUT2D eigenvalue weighted by Gasteiger charge is -2.44. The van der Waals surface area contributed by atoms with Crippen LogP contribution in [0.5, 0.6) is 5.75 Å². The third kappa shape index (κ3) is 4.58. The number of methoxy groups -OCH3 is 1. The molecule has 7 heteroatoms. The van der Waals surface area contributed by atoms with E-state index in [1.165, 1.54) is 0 Å². The molecule has 2 aliphatic heterocycles. The summed E-state index contributed by atoms with van der Waals surface area (Å²) in [5, 5.41) is 0. The van der Waals surface area contributed by atoms with Crippen molar-refractivity contribution in [2.75, 3.05) is 46.6 Å². The third-order valence-electron chi connectivity index (χ3n) is 5.19. The number of fused-ring (bicyclic) bond motifs is 3. The number of para-hydroxylation sites is 1. The van der Waals surface area contributed by atoms with E-state index in [1.54, 1.807) is 12.0 Å². The van der Waals surface area contributed by atoms with Gasteiger partial charge in [0, 0.05) is 44.6 Å². The zero-order chi connectivity index (χ0) is 20.1. The molecule has 2 atom stereocenters. The van der Waals surface area contributed by atoms with Gasteiger partial charge in [-0.15, -0.1) is 0 Å². The zero-order valence-electron chi connectivity index (χ0n) is 16.9. The lowest BCUT2D eigenvalue weighted by molar-refractivity contribution is -0.135. The third-order valence-corrected chi connectivity index (χ3v) is 5.19. The highest BCUT2D eigenvalue weighted by Gasteiger charge is 2.41. The minimum atomic E-state index is -0.362. The van der Waals surface area contributed by atoms with Gasteiger partial charge in [-0.1, -0.05) is 32.0 Å². The number of amides is 2. The van der Waals surface area contributed by atoms with Gasteiger partial charge < -0.3 is 24.0 Å². The average molecular weight is 390 g/mol. The number of carbonyl (C=O) groups excluding carboxylic acids is 2. The smallest absolute Gasteiger partial charge is 0.410 e. The van der Waals surface area contributed by atoms with E-state index in [0.717, 1.165) is 11.3 Å². The summed E-state index contributed by atoms with van der Waals surface area (Å²) in [6, 6.07) is 7.63. The van der Waals surface area contributed by atoms with E-state index in [-0.39, 0.29) is 36.3 Å². The normalized spacial score (nSPS) is 22.1. The second-order valence-corrected chi connectivity index (χ2v) is 7.80. The molecular formula is C21H30N2O5. The molecular weight excluding hydrogens is 360 g/mol. The molecule has 0 aliphatic carbocycles. The van der Waals surface area contributed by atoms with Gasteiger partial charge in [0.25, 0.3) is 0 Å². The van der Waals surface area contributed by atoms with Crippen molar-refractivity contribution in [3.63, 3.8) is 0 Å². The first-order chi connectivity index (χ1) is 13.5. The molecule has 2 aliphatic rings. The second-order valence-electron chi connectivity index (χ2n) is 7.80. The van der Waals surface area contributed by atoms with Crippen LogP contribution in [0.25, 0.3) is 0 Å². The molecule has 0 saturated carbocycles. The van der Waals surface area contributed by atoms with Gasteiger partial charge in [-0.3, -0.25) is 4.79 Å². The number of rotatable bonds is 5. The summed E-state index contributed by atoms with van der Waals surface area (Å²) >= 11 is 0. The lowest BCUT2D eigenvalue weighted by atomic mass is 9.88. The summed E-state index contributed by atoms with van der Waals surface area (Å²) in [4.78, 5) is 29.1. The Morgan fingerprint density at radius 2 is 2.11 bits per heavy atom. The molecule has 28 heavy (non-hydrogen) atoms. The molecule has 1 saturated heterocycles. The number of hydrogen-bond donors (Lipinski definition) is 0. The Bertz CT molecular complexity index is 693. The molecule has 1 aromatic rings. The number of carbonyl (C=O) groups is 2. The van der Waals surface area contributed by atoms with E-state index >= 15 is 0 Å². The van der Waals surface area contributed by atoms with Crippen molar-refractivity contribution in [1.29, 1.82) is 0 Å². The van der Waals surface area contributed by atoms with Gasteiger partial charge in [0.1, 0.15) is 5.75 Å². The van der Waals surface area contributed by atoms with Crippen molar-refractivity contribution < 1.29 is 23.8 Å². The standard InChI is InChI=1S/C21H30N2O5/c1-15(2)13-28-21(25)23-9-8-19(24)22(10-11-26-3)12-16-14-27-18-7-5-4-6-17(18)20(16)23/h4-7,15-16,20H,8-14H2,1-3H3/t16-,20-/m0/s1. The summed E-state index contributed by atoms with van der Waals surface area (Å²) < 4.78 is 16.6. The van der Waals surface area contributed by atoms with Gasteiger partial charge in [-0.2, -0.15) is 0 Å². The van der Waals surface area contributed by atoms with Crippen molar-refractivity contribution in [3.05, 3.63) is 29.8 Å². The monoisotopic (exact) mass is 390 g/mol. The molecule has 0 spiro atoms. The van der Waals surface area contributed by atoms with Crippen LogP contribution in [-0.2, 0) is 14.3 Å². The Kier molecular flexibility index (Phi) is 6.78. The van der Waals surface area contributed by atoms with Crippen molar-refractivity contribution in [3.8, 4) is 5.75 Å². The molecule has 0 N–H and O–H groups in total. The Balaban J connectivity index is 1.90. The Labute approximate surface area is 166 Å². The van der Waals surface area contributed by atoms with Gasteiger partial charge in [-0.05, 0) is 12.0 Å². The first-order valence-electron chi connectivity index (χ1n) is 9.93. The molecule has 1 aromatic carbocycles. The average Bonchev–Trinajstić information content (AvgIpc) is 2.68. The molecule has 0 bridgehead atoms. The summed E-state index contributed by atoms with van der Waals surface area (Å²) in [5.74, 6) is 1.04. The predicted molar refractivity (Wildman–Crippen MR) is 104 cm³/mol. The minimum Gasteiger partial charge on any atom is -0.493 e. The van der Waals surface area contributed by atoms with Crippen LogP contribution >= 0.6 is 0 Å². The van der Waals surface area contributed by atoms with E-state index in [0.29, 0.717) is 39.5 Å². The molecule has 2 heterocycles. The van der Waals surface area contributed by atoms with Crippen molar-refractivity contribution in [1.82, 2.24) is 9.80 Å². The topological polar surface area (TPSA) is 68.3 Å². The fourth-order valence-electron chi connectivity index (χ4n) is 3.81. The van der Waals surface area contributed by atoms with E-state index in [9.17, 15) is 9.59 Å². The van der Waals surface area contributed by atoms with Crippen LogP contribution in [0.1, 0.15) is 31.9 Å². The van der Waals surface area contributed by atoms with Gasteiger partial charge >= 0.3 is 6.09 Å². The van der Waals surface area contributed by atoms with Crippen LogP contribution in [-0.4, -0.2) is 68.4 Å². The first kappa shape index (κ1) is 20.5. The van der Waals surface area contributed by atoms with E-state index < -0.39 is 0 Å². The minimum absolute atomic E-state index is 0.0241. The first-order valence-corrected chi connectivity index (χ1v) is 9.93. The Morgan fingerprint density at radius 1 is 1.32 bits per heavy atom. The van der Waals surface area contributed by atoms with Gasteiger partial charge in [0.2, 0.25) is 5.91 Å². The quantitative estimate of drug-likeness (QED) is 0.773. The number of benzene rings is 1. The van der Waals surface area contributed by atoms with E-state index in [1.807, 2.05) is 43.0 Å². The van der Waals surface area contributed by atoms with Crippen molar-refractivity contribution in [2.45, 2.75) is 26.3 Å². The molecule has 0 radical (unpaired) electrons. The van der Waals surface area contributed by atoms with Gasteiger partial charge in [0.05, 0.1) is 25.9 Å². The van der Waals surface area contributed by atoms with Gasteiger partial charge in [-0.25, -0.2) is 4.79 Å². The summed E-state index contributed by atoms with van der Waals surface area (Å²) in [6.07, 6.45) is -0.0919. The molecule has 154 valence electrons. The molecule has 7 nitrogen and oxygen atoms in total. The van der Waals surface area contributed by atoms with Crippen LogP contribution in [0.2, 0.25) is 0 Å². The Hall–Kier alpha value is -2.28. The highest BCUT2D eigenvalue weighted by molar-refractivity contribution is 5.78. The van der Waals surface area contributed by atoms with Crippen molar-refractivity contribution in [2.24, 2.45) is 11.8 Å². The van der Waals surface area contributed by atoms with Crippen LogP contribution in [0.4, 0.5) is 4.79 Å². The zero-order valence-corrected chi connectivity index (χ0v) is 16.9. The van der Waals surface area contributed by atoms with Crippen LogP contribution < -0.4 is 4.74 Å². The number of nitrogens with zero attached hydrogens (tertiary/aromatic N) is 2. The maximum atomic E-state index is 12.9. The van der Waals surface area contributed by atoms with Crippen LogP contribution in [0.15, 0.2) is 24.3 Å². The summed E-state index contributed by atoms with van der Waals surface area (Å²) in [7, 11) is 1.63. The fraction of sp³-hybridized carbons (Fsp3) is 0.619. The molecule has 3 rings (SSSR count). The van der Waals surface area contributed by atoms with Gasteiger partial charge in [0.15, 0.2) is 0 Å². The maximum absolute atomic E-state index is 12.9. The summed E-state index contributed by atoms with van der Waals surface area (Å²) in [6.45, 7) is 6.70. The van der Waals surface area contributed by atoms with E-state index in [4.69, 9.17) is 14.2 Å².